The Balaban J connectivity index is 1.95. The Kier molecular flexibility index (Phi) is 5.66. The number of halogens is 2. The molecule has 132 valence electrons. The molecule has 0 spiro atoms. The number of rotatable bonds is 2. The fourth-order valence-corrected chi connectivity index (χ4v) is 4.99. The van der Waals surface area contributed by atoms with Crippen molar-refractivity contribution < 1.29 is 19.5 Å². The van der Waals surface area contributed by atoms with E-state index in [9.17, 15) is 19.5 Å². The van der Waals surface area contributed by atoms with Gasteiger partial charge in [-0.1, -0.05) is 19.3 Å². The van der Waals surface area contributed by atoms with Crippen molar-refractivity contribution in [2.24, 2.45) is 0 Å². The minimum absolute atomic E-state index is 0.0533. The van der Waals surface area contributed by atoms with Crippen molar-refractivity contribution in [1.29, 1.82) is 0 Å². The molecular weight excluding hydrogens is 550 g/mol. The molecule has 0 unspecified atom stereocenters. The second-order valence-electron chi connectivity index (χ2n) is 6.12. The van der Waals surface area contributed by atoms with Gasteiger partial charge in [0.05, 0.1) is 7.14 Å². The lowest BCUT2D eigenvalue weighted by Crippen LogP contribution is -2.58. The summed E-state index contributed by atoms with van der Waals surface area (Å²) in [5.41, 5.74) is 0.575. The van der Waals surface area contributed by atoms with Gasteiger partial charge in [-0.2, -0.15) is 0 Å². The zero-order chi connectivity index (χ0) is 18.1. The Hall–Kier alpha value is -1.17. The zero-order valence-electron chi connectivity index (χ0n) is 13.2. The smallest absolute Gasteiger partial charge is 0.331 e. The number of imide groups is 2. The van der Waals surface area contributed by atoms with Crippen molar-refractivity contribution in [2.45, 2.75) is 38.1 Å². The molecule has 1 aromatic rings. The summed E-state index contributed by atoms with van der Waals surface area (Å²) in [5.74, 6) is -1.05. The average Bonchev–Trinajstić information content (AvgIpc) is 2.57. The highest BCUT2D eigenvalue weighted by Gasteiger charge is 2.40. The molecule has 1 aromatic carbocycles. The first-order chi connectivity index (χ1) is 11.9. The number of aromatic hydroxyl groups is 1. The van der Waals surface area contributed by atoms with Crippen LogP contribution in [0, 0.1) is 7.14 Å². The average molecular weight is 566 g/mol. The molecule has 4 amide bonds. The third-order valence-corrected chi connectivity index (χ3v) is 6.07. The van der Waals surface area contributed by atoms with Gasteiger partial charge in [-0.05, 0) is 81.8 Å². The van der Waals surface area contributed by atoms with Crippen molar-refractivity contribution in [2.75, 3.05) is 0 Å². The standard InChI is InChI=1S/C17H16I2N2O4/c18-12-7-9(8-13(19)14(12)22)6-11-15(23)20-17(25)21(16(11)24)10-4-2-1-3-5-10/h6-8,10,22H,1-5H2,(H,20,23,25). The van der Waals surface area contributed by atoms with E-state index in [0.29, 0.717) is 12.7 Å². The van der Waals surface area contributed by atoms with Crippen LogP contribution in [-0.2, 0) is 9.59 Å². The Morgan fingerprint density at radius 2 is 1.68 bits per heavy atom. The number of amides is 4. The van der Waals surface area contributed by atoms with Crippen LogP contribution in [0.15, 0.2) is 17.7 Å². The number of phenolic OH excluding ortho intramolecular Hbond substituents is 1. The van der Waals surface area contributed by atoms with Gasteiger partial charge in [0.1, 0.15) is 11.3 Å². The van der Waals surface area contributed by atoms with Crippen LogP contribution in [0.5, 0.6) is 5.75 Å². The van der Waals surface area contributed by atoms with Crippen LogP contribution in [0.1, 0.15) is 37.7 Å². The van der Waals surface area contributed by atoms with Crippen molar-refractivity contribution in [3.8, 4) is 5.75 Å². The van der Waals surface area contributed by atoms with Crippen molar-refractivity contribution in [3.63, 3.8) is 0 Å². The number of carbonyl (C=O) groups excluding carboxylic acids is 3. The van der Waals surface area contributed by atoms with Crippen LogP contribution in [0.4, 0.5) is 4.79 Å². The maximum absolute atomic E-state index is 12.8. The number of hydrogen-bond acceptors (Lipinski definition) is 4. The van der Waals surface area contributed by atoms with Crippen molar-refractivity contribution in [1.82, 2.24) is 10.2 Å². The molecule has 3 rings (SSSR count). The van der Waals surface area contributed by atoms with E-state index in [1.54, 1.807) is 12.1 Å². The Labute approximate surface area is 172 Å². The lowest BCUT2D eigenvalue weighted by Gasteiger charge is -2.35. The third-order valence-electron chi connectivity index (χ3n) is 4.42. The molecule has 2 fully saturated rings. The first-order valence-corrected chi connectivity index (χ1v) is 10.1. The molecule has 0 aromatic heterocycles. The molecule has 0 radical (unpaired) electrons. The van der Waals surface area contributed by atoms with Crippen LogP contribution in [0.2, 0.25) is 0 Å². The van der Waals surface area contributed by atoms with Crippen LogP contribution in [-0.4, -0.2) is 33.9 Å². The molecule has 1 heterocycles. The summed E-state index contributed by atoms with van der Waals surface area (Å²) in [6, 6.07) is 2.59. The van der Waals surface area contributed by atoms with E-state index in [0.717, 1.165) is 32.1 Å². The van der Waals surface area contributed by atoms with E-state index in [4.69, 9.17) is 0 Å². The number of benzene rings is 1. The molecule has 0 bridgehead atoms. The summed E-state index contributed by atoms with van der Waals surface area (Å²) in [6.45, 7) is 0. The van der Waals surface area contributed by atoms with Gasteiger partial charge in [-0.25, -0.2) is 4.79 Å². The normalized spacial score (nSPS) is 21.0. The van der Waals surface area contributed by atoms with Gasteiger partial charge in [0.15, 0.2) is 0 Å². The van der Waals surface area contributed by atoms with E-state index >= 15 is 0 Å². The summed E-state index contributed by atoms with van der Waals surface area (Å²) in [4.78, 5) is 38.4. The summed E-state index contributed by atoms with van der Waals surface area (Å²) in [7, 11) is 0. The molecule has 8 heteroatoms. The zero-order valence-corrected chi connectivity index (χ0v) is 17.5. The fraction of sp³-hybridized carbons (Fsp3) is 0.353. The van der Waals surface area contributed by atoms with E-state index in [-0.39, 0.29) is 17.4 Å². The molecule has 6 nitrogen and oxygen atoms in total. The predicted octanol–water partition coefficient (Wildman–Crippen LogP) is 3.40. The molecule has 25 heavy (non-hydrogen) atoms. The first-order valence-electron chi connectivity index (χ1n) is 7.97. The molecule has 1 saturated carbocycles. The largest absolute Gasteiger partial charge is 0.506 e. The quantitative estimate of drug-likeness (QED) is 0.327. The third kappa shape index (κ3) is 3.83. The van der Waals surface area contributed by atoms with Gasteiger partial charge in [0.2, 0.25) is 0 Å². The maximum Gasteiger partial charge on any atom is 0.331 e. The molecule has 2 aliphatic rings. The van der Waals surface area contributed by atoms with E-state index in [1.807, 2.05) is 45.2 Å². The van der Waals surface area contributed by atoms with Gasteiger partial charge >= 0.3 is 6.03 Å². The summed E-state index contributed by atoms with van der Waals surface area (Å²) in [6.07, 6.45) is 6.08. The summed E-state index contributed by atoms with van der Waals surface area (Å²) in [5, 5.41) is 12.1. The molecular formula is C17H16I2N2O4. The lowest BCUT2D eigenvalue weighted by molar-refractivity contribution is -0.132. The number of carbonyl (C=O) groups is 3. The van der Waals surface area contributed by atoms with Gasteiger partial charge in [-0.15, -0.1) is 0 Å². The van der Waals surface area contributed by atoms with Gasteiger partial charge in [-0.3, -0.25) is 19.8 Å². The Morgan fingerprint density at radius 1 is 1.08 bits per heavy atom. The second kappa shape index (κ2) is 7.60. The molecule has 1 aliphatic carbocycles. The van der Waals surface area contributed by atoms with Gasteiger partial charge in [0.25, 0.3) is 11.8 Å². The van der Waals surface area contributed by atoms with Crippen molar-refractivity contribution >= 4 is 69.1 Å². The van der Waals surface area contributed by atoms with E-state index in [1.165, 1.54) is 11.0 Å². The molecule has 0 atom stereocenters. The minimum Gasteiger partial charge on any atom is -0.506 e. The number of hydrogen-bond donors (Lipinski definition) is 2. The van der Waals surface area contributed by atoms with E-state index < -0.39 is 17.8 Å². The van der Waals surface area contributed by atoms with Crippen LogP contribution in [0.25, 0.3) is 6.08 Å². The first kappa shape index (κ1) is 18.6. The fourth-order valence-electron chi connectivity index (χ4n) is 3.18. The number of phenols is 1. The lowest BCUT2D eigenvalue weighted by atomic mass is 9.93. The summed E-state index contributed by atoms with van der Waals surface area (Å²) < 4.78 is 1.25. The number of nitrogens with one attached hydrogen (secondary N) is 1. The van der Waals surface area contributed by atoms with Gasteiger partial charge in [0, 0.05) is 6.04 Å². The molecule has 1 saturated heterocycles. The minimum atomic E-state index is -0.680. The van der Waals surface area contributed by atoms with Crippen LogP contribution in [0.3, 0.4) is 0 Å². The summed E-state index contributed by atoms with van der Waals surface area (Å²) >= 11 is 3.98. The monoisotopic (exact) mass is 566 g/mol. The Morgan fingerprint density at radius 3 is 2.28 bits per heavy atom. The highest BCUT2D eigenvalue weighted by molar-refractivity contribution is 14.1. The molecule has 2 N–H and O–H groups in total. The van der Waals surface area contributed by atoms with Crippen LogP contribution >= 0.6 is 45.2 Å². The van der Waals surface area contributed by atoms with Crippen LogP contribution < -0.4 is 5.32 Å². The SMILES string of the molecule is O=C1NC(=O)N(C2CCCCC2)C(=O)C1=Cc1cc(I)c(O)c(I)c1. The molecule has 1 aliphatic heterocycles. The maximum atomic E-state index is 12.8. The highest BCUT2D eigenvalue weighted by atomic mass is 127. The number of barbiturate groups is 1. The topological polar surface area (TPSA) is 86.7 Å². The van der Waals surface area contributed by atoms with Gasteiger partial charge < -0.3 is 5.11 Å². The second-order valence-corrected chi connectivity index (χ2v) is 8.44. The number of nitrogens with zero attached hydrogens (tertiary/aromatic N) is 1. The highest BCUT2D eigenvalue weighted by Crippen LogP contribution is 2.30. The van der Waals surface area contributed by atoms with Crippen molar-refractivity contribution in [3.05, 3.63) is 30.4 Å². The Bertz CT molecular complexity index is 762. The predicted molar refractivity (Wildman–Crippen MR) is 109 cm³/mol. The number of urea groups is 1. The van der Waals surface area contributed by atoms with E-state index in [2.05, 4.69) is 5.32 Å².